The number of hydrogen-bond acceptors (Lipinski definition) is 1. The van der Waals surface area contributed by atoms with Crippen molar-refractivity contribution in [2.24, 2.45) is 0 Å². The van der Waals surface area contributed by atoms with E-state index < -0.39 is 0 Å². The lowest BCUT2D eigenvalue weighted by Gasteiger charge is -2.21. The Kier molecular flexibility index (Phi) is 2.56. The largest absolute Gasteiger partial charge is 0.392 e. The maximum Gasteiger partial charge on any atom is 0.0657 e. The molecule has 0 radical (unpaired) electrons. The molecule has 0 saturated heterocycles. The van der Waals surface area contributed by atoms with Crippen LogP contribution >= 0.6 is 22.6 Å². The molecule has 1 nitrogen and oxygen atoms in total. The maximum atomic E-state index is 9.17. The smallest absolute Gasteiger partial charge is 0.0657 e. The van der Waals surface area contributed by atoms with Gasteiger partial charge in [-0.3, -0.25) is 0 Å². The van der Waals surface area contributed by atoms with Crippen molar-refractivity contribution in [2.75, 3.05) is 0 Å². The minimum atomic E-state index is -0.00986. The predicted molar refractivity (Wildman–Crippen MR) is 42.3 cm³/mol. The molecule has 1 aliphatic rings. The van der Waals surface area contributed by atoms with Gasteiger partial charge in [-0.25, -0.2) is 0 Å². The van der Waals surface area contributed by atoms with Gasteiger partial charge in [0.15, 0.2) is 0 Å². The summed E-state index contributed by atoms with van der Waals surface area (Å²) < 4.78 is 0.529. The molecule has 0 spiro atoms. The molecule has 8 heavy (non-hydrogen) atoms. The molecule has 1 aliphatic carbocycles. The number of aliphatic hydroxyl groups is 1. The molecule has 0 aliphatic heterocycles. The Bertz CT molecular complexity index is 64.9. The first-order chi connectivity index (χ1) is 3.80. The van der Waals surface area contributed by atoms with Gasteiger partial charge in [0.05, 0.1) is 6.10 Å². The van der Waals surface area contributed by atoms with Crippen LogP contribution in [0.2, 0.25) is 0 Å². The van der Waals surface area contributed by atoms with Gasteiger partial charge in [-0.1, -0.05) is 35.4 Å². The second kappa shape index (κ2) is 3.01. The number of alkyl halides is 1. The zero-order chi connectivity index (χ0) is 5.98. The molecule has 0 aromatic heterocycles. The fraction of sp³-hybridized carbons (Fsp3) is 1.00. The van der Waals surface area contributed by atoms with Crippen LogP contribution in [0.5, 0.6) is 0 Å². The van der Waals surface area contributed by atoms with E-state index in [9.17, 15) is 5.11 Å². The van der Waals surface area contributed by atoms with Gasteiger partial charge in [0.2, 0.25) is 0 Å². The van der Waals surface area contributed by atoms with E-state index in [1.165, 1.54) is 19.3 Å². The van der Waals surface area contributed by atoms with Crippen molar-refractivity contribution in [2.45, 2.75) is 35.7 Å². The number of halogens is 1. The molecule has 1 N–H and O–H groups in total. The van der Waals surface area contributed by atoms with E-state index in [0.717, 1.165) is 6.42 Å². The molecule has 2 atom stereocenters. The van der Waals surface area contributed by atoms with Gasteiger partial charge in [-0.15, -0.1) is 0 Å². The molecular weight excluding hydrogens is 215 g/mol. The van der Waals surface area contributed by atoms with Gasteiger partial charge in [-0.2, -0.15) is 0 Å². The van der Waals surface area contributed by atoms with Gasteiger partial charge < -0.3 is 5.11 Å². The Balaban J connectivity index is 2.28. The van der Waals surface area contributed by atoms with Crippen LogP contribution in [0, 0.1) is 0 Å². The van der Waals surface area contributed by atoms with Crippen LogP contribution in [-0.4, -0.2) is 15.1 Å². The number of rotatable bonds is 0. The molecule has 0 aromatic rings. The summed E-state index contributed by atoms with van der Waals surface area (Å²) in [7, 11) is 0. The fourth-order valence-corrected chi connectivity index (χ4v) is 1.87. The highest BCUT2D eigenvalue weighted by atomic mass is 127. The van der Waals surface area contributed by atoms with Crippen LogP contribution in [-0.2, 0) is 0 Å². The summed E-state index contributed by atoms with van der Waals surface area (Å²) in [5, 5.41) is 9.17. The Labute approximate surface area is 63.6 Å². The first-order valence-corrected chi connectivity index (χ1v) is 4.37. The lowest BCUT2D eigenvalue weighted by molar-refractivity contribution is 0.142. The summed E-state index contributed by atoms with van der Waals surface area (Å²) in [5.74, 6) is 0. The summed E-state index contributed by atoms with van der Waals surface area (Å²) >= 11 is 2.33. The van der Waals surface area contributed by atoms with E-state index in [1.54, 1.807) is 0 Å². The van der Waals surface area contributed by atoms with E-state index in [4.69, 9.17) is 0 Å². The van der Waals surface area contributed by atoms with Crippen molar-refractivity contribution >= 4 is 22.6 Å². The molecule has 0 aromatic carbocycles. The normalized spacial score (nSPS) is 39.8. The zero-order valence-electron chi connectivity index (χ0n) is 4.81. The average Bonchev–Trinajstić information content (AvgIpc) is 1.77. The minimum absolute atomic E-state index is 0.00986. The highest BCUT2D eigenvalue weighted by Crippen LogP contribution is 2.24. The van der Waals surface area contributed by atoms with Gasteiger partial charge in [-0.05, 0) is 12.8 Å². The number of hydrogen-bond donors (Lipinski definition) is 1. The zero-order valence-corrected chi connectivity index (χ0v) is 6.97. The summed E-state index contributed by atoms with van der Waals surface area (Å²) in [4.78, 5) is 0. The third-order valence-electron chi connectivity index (χ3n) is 1.65. The standard InChI is InChI=1S/C6H11IO/c7-5-3-1-2-4-6(5)8/h5-6,8H,1-4H2/t5-,6+/m1/s1. The van der Waals surface area contributed by atoms with E-state index in [0.29, 0.717) is 3.92 Å². The third-order valence-corrected chi connectivity index (χ3v) is 3.10. The summed E-state index contributed by atoms with van der Waals surface area (Å²) in [6.07, 6.45) is 4.75. The molecule has 1 saturated carbocycles. The monoisotopic (exact) mass is 226 g/mol. The molecular formula is C6H11IO. The highest BCUT2D eigenvalue weighted by Gasteiger charge is 2.18. The molecule has 0 heterocycles. The van der Waals surface area contributed by atoms with E-state index >= 15 is 0 Å². The Morgan fingerprint density at radius 1 is 1.25 bits per heavy atom. The van der Waals surface area contributed by atoms with Crippen LogP contribution in [0.1, 0.15) is 25.7 Å². The van der Waals surface area contributed by atoms with E-state index in [1.807, 2.05) is 0 Å². The van der Waals surface area contributed by atoms with Crippen LogP contribution in [0.4, 0.5) is 0 Å². The SMILES string of the molecule is O[C@H]1CCCC[C@H]1I. The third kappa shape index (κ3) is 1.58. The average molecular weight is 226 g/mol. The highest BCUT2D eigenvalue weighted by molar-refractivity contribution is 14.1. The first-order valence-electron chi connectivity index (χ1n) is 3.13. The molecule has 1 fully saturated rings. The molecule has 0 bridgehead atoms. The van der Waals surface area contributed by atoms with Crippen molar-refractivity contribution in [3.63, 3.8) is 0 Å². The Morgan fingerprint density at radius 2 is 1.88 bits per heavy atom. The Hall–Kier alpha value is 0.690. The summed E-state index contributed by atoms with van der Waals surface area (Å²) in [6.45, 7) is 0. The summed E-state index contributed by atoms with van der Waals surface area (Å²) in [6, 6.07) is 0. The molecule has 0 amide bonds. The van der Waals surface area contributed by atoms with E-state index in [-0.39, 0.29) is 6.10 Å². The number of aliphatic hydroxyl groups excluding tert-OH is 1. The Morgan fingerprint density at radius 3 is 2.25 bits per heavy atom. The lowest BCUT2D eigenvalue weighted by atomic mass is 9.98. The second-order valence-corrected chi connectivity index (χ2v) is 3.97. The first kappa shape index (κ1) is 6.81. The van der Waals surface area contributed by atoms with Gasteiger partial charge in [0.25, 0.3) is 0 Å². The lowest BCUT2D eigenvalue weighted by Crippen LogP contribution is -2.23. The van der Waals surface area contributed by atoms with Crippen LogP contribution in [0.15, 0.2) is 0 Å². The summed E-state index contributed by atoms with van der Waals surface area (Å²) in [5.41, 5.74) is 0. The fourth-order valence-electron chi connectivity index (χ4n) is 1.07. The second-order valence-electron chi connectivity index (χ2n) is 2.37. The van der Waals surface area contributed by atoms with Crippen molar-refractivity contribution in [3.05, 3.63) is 0 Å². The minimum Gasteiger partial charge on any atom is -0.392 e. The van der Waals surface area contributed by atoms with Crippen molar-refractivity contribution in [1.82, 2.24) is 0 Å². The molecule has 0 unspecified atom stereocenters. The van der Waals surface area contributed by atoms with Gasteiger partial charge in [0.1, 0.15) is 0 Å². The van der Waals surface area contributed by atoms with Crippen LogP contribution in [0.25, 0.3) is 0 Å². The molecule has 1 rings (SSSR count). The van der Waals surface area contributed by atoms with Gasteiger partial charge in [0, 0.05) is 3.92 Å². The van der Waals surface area contributed by atoms with E-state index in [2.05, 4.69) is 22.6 Å². The maximum absolute atomic E-state index is 9.17. The predicted octanol–water partition coefficient (Wildman–Crippen LogP) is 1.72. The van der Waals surface area contributed by atoms with Crippen molar-refractivity contribution in [3.8, 4) is 0 Å². The van der Waals surface area contributed by atoms with Crippen molar-refractivity contribution in [1.29, 1.82) is 0 Å². The molecule has 48 valence electrons. The van der Waals surface area contributed by atoms with Crippen LogP contribution in [0.3, 0.4) is 0 Å². The topological polar surface area (TPSA) is 20.2 Å². The molecule has 2 heteroatoms. The quantitative estimate of drug-likeness (QED) is 0.492. The van der Waals surface area contributed by atoms with Gasteiger partial charge >= 0.3 is 0 Å². The van der Waals surface area contributed by atoms with Crippen LogP contribution < -0.4 is 0 Å². The van der Waals surface area contributed by atoms with Crippen molar-refractivity contribution < 1.29 is 5.11 Å².